The topological polar surface area (TPSA) is 66.9 Å². The first-order valence-electron chi connectivity index (χ1n) is 7.65. The number of nitrogens with zero attached hydrogens (tertiary/aromatic N) is 2. The van der Waals surface area contributed by atoms with Crippen LogP contribution >= 0.6 is 0 Å². The fourth-order valence-corrected chi connectivity index (χ4v) is 3.90. The molecular weight excluding hydrogens is 361 g/mol. The number of sulfonamides is 1. The van der Waals surface area contributed by atoms with Gasteiger partial charge in [-0.05, 0) is 24.3 Å². The van der Waals surface area contributed by atoms with E-state index in [4.69, 9.17) is 0 Å². The van der Waals surface area contributed by atoms with Gasteiger partial charge in [-0.3, -0.25) is 4.79 Å². The average molecular weight is 380 g/mol. The average Bonchev–Trinajstić information content (AvgIpc) is 2.53. The molecular formula is C15H19F3N2O4S. The lowest BCUT2D eigenvalue weighted by molar-refractivity contribution is -0.274. The van der Waals surface area contributed by atoms with E-state index in [0.717, 1.165) is 24.3 Å². The second kappa shape index (κ2) is 7.20. The Hall–Kier alpha value is -1.81. The lowest BCUT2D eigenvalue weighted by atomic mass is 10.2. The molecule has 0 aromatic heterocycles. The molecule has 1 aromatic carbocycles. The third-order valence-electron chi connectivity index (χ3n) is 3.74. The van der Waals surface area contributed by atoms with Crippen molar-refractivity contribution in [3.05, 3.63) is 24.3 Å². The van der Waals surface area contributed by atoms with Crippen LogP contribution in [-0.4, -0.2) is 56.1 Å². The Morgan fingerprint density at radius 3 is 2.04 bits per heavy atom. The Morgan fingerprint density at radius 1 is 1.08 bits per heavy atom. The summed E-state index contributed by atoms with van der Waals surface area (Å²) >= 11 is 0. The zero-order chi connectivity index (χ0) is 18.8. The molecule has 0 atom stereocenters. The van der Waals surface area contributed by atoms with Crippen LogP contribution in [0.1, 0.15) is 13.8 Å². The molecule has 1 heterocycles. The van der Waals surface area contributed by atoms with Crippen LogP contribution in [0, 0.1) is 5.92 Å². The molecule has 140 valence electrons. The summed E-state index contributed by atoms with van der Waals surface area (Å²) in [5.74, 6) is -0.686. The summed E-state index contributed by atoms with van der Waals surface area (Å²) in [6.07, 6.45) is -4.83. The maximum absolute atomic E-state index is 12.6. The molecule has 1 aromatic rings. The zero-order valence-electron chi connectivity index (χ0n) is 13.8. The molecule has 1 amide bonds. The number of piperazine rings is 1. The summed E-state index contributed by atoms with van der Waals surface area (Å²) < 4.78 is 66.5. The van der Waals surface area contributed by atoms with Gasteiger partial charge in [0.1, 0.15) is 5.75 Å². The number of ether oxygens (including phenoxy) is 1. The van der Waals surface area contributed by atoms with Crippen LogP contribution in [0.3, 0.4) is 0 Å². The smallest absolute Gasteiger partial charge is 0.406 e. The third-order valence-corrected chi connectivity index (χ3v) is 5.65. The van der Waals surface area contributed by atoms with Crippen molar-refractivity contribution in [2.24, 2.45) is 5.92 Å². The van der Waals surface area contributed by atoms with E-state index in [1.165, 1.54) is 4.31 Å². The molecule has 0 radical (unpaired) electrons. The SMILES string of the molecule is CC(C)C(=O)N1CCN(S(=O)(=O)c2ccc(OC(F)(F)F)cc2)CC1. The van der Waals surface area contributed by atoms with E-state index in [9.17, 15) is 26.4 Å². The Morgan fingerprint density at radius 2 is 1.60 bits per heavy atom. The first-order valence-corrected chi connectivity index (χ1v) is 9.09. The van der Waals surface area contributed by atoms with Crippen molar-refractivity contribution < 1.29 is 31.1 Å². The minimum absolute atomic E-state index is 0.0364. The quantitative estimate of drug-likeness (QED) is 0.802. The van der Waals surface area contributed by atoms with E-state index in [-0.39, 0.29) is 42.9 Å². The van der Waals surface area contributed by atoms with E-state index >= 15 is 0 Å². The summed E-state index contributed by atoms with van der Waals surface area (Å²) in [5, 5.41) is 0. The van der Waals surface area contributed by atoms with Crippen LogP contribution in [0.4, 0.5) is 13.2 Å². The van der Waals surface area contributed by atoms with Gasteiger partial charge < -0.3 is 9.64 Å². The number of halogens is 3. The Bertz CT molecular complexity index is 709. The lowest BCUT2D eigenvalue weighted by Gasteiger charge is -2.34. The summed E-state index contributed by atoms with van der Waals surface area (Å²) in [5.41, 5.74) is 0. The van der Waals surface area contributed by atoms with Crippen molar-refractivity contribution in [1.82, 2.24) is 9.21 Å². The van der Waals surface area contributed by atoms with Gasteiger partial charge in [0.15, 0.2) is 0 Å². The van der Waals surface area contributed by atoms with Gasteiger partial charge in [0, 0.05) is 32.1 Å². The molecule has 6 nitrogen and oxygen atoms in total. The van der Waals surface area contributed by atoms with Gasteiger partial charge in [0.05, 0.1) is 4.90 Å². The van der Waals surface area contributed by atoms with E-state index < -0.39 is 22.1 Å². The molecule has 1 fully saturated rings. The molecule has 0 unspecified atom stereocenters. The van der Waals surface area contributed by atoms with Crippen LogP contribution in [0.2, 0.25) is 0 Å². The van der Waals surface area contributed by atoms with Crippen LogP contribution in [0.5, 0.6) is 5.75 Å². The molecule has 2 rings (SSSR count). The van der Waals surface area contributed by atoms with Crippen molar-refractivity contribution in [2.75, 3.05) is 26.2 Å². The fourth-order valence-electron chi connectivity index (χ4n) is 2.48. The van der Waals surface area contributed by atoms with Crippen molar-refractivity contribution in [1.29, 1.82) is 0 Å². The Labute approximate surface area is 144 Å². The number of hydrogen-bond donors (Lipinski definition) is 0. The van der Waals surface area contributed by atoms with Crippen molar-refractivity contribution in [3.63, 3.8) is 0 Å². The van der Waals surface area contributed by atoms with Crippen LogP contribution in [-0.2, 0) is 14.8 Å². The normalized spacial score (nSPS) is 17.0. The monoisotopic (exact) mass is 380 g/mol. The second-order valence-corrected chi connectivity index (χ2v) is 7.84. The van der Waals surface area contributed by atoms with Gasteiger partial charge >= 0.3 is 6.36 Å². The number of hydrogen-bond acceptors (Lipinski definition) is 4. The van der Waals surface area contributed by atoms with Crippen LogP contribution in [0.15, 0.2) is 29.2 Å². The van der Waals surface area contributed by atoms with Gasteiger partial charge in [-0.2, -0.15) is 4.31 Å². The largest absolute Gasteiger partial charge is 0.573 e. The molecule has 0 bridgehead atoms. The number of benzene rings is 1. The van der Waals surface area contributed by atoms with E-state index in [1.54, 1.807) is 18.7 Å². The van der Waals surface area contributed by atoms with E-state index in [2.05, 4.69) is 4.74 Å². The van der Waals surface area contributed by atoms with Crippen molar-refractivity contribution >= 4 is 15.9 Å². The number of carbonyl (C=O) groups is 1. The molecule has 25 heavy (non-hydrogen) atoms. The predicted molar refractivity (Wildman–Crippen MR) is 83.3 cm³/mol. The predicted octanol–water partition coefficient (Wildman–Crippen LogP) is 2.07. The highest BCUT2D eigenvalue weighted by atomic mass is 32.2. The first-order chi connectivity index (χ1) is 11.5. The number of amides is 1. The molecule has 0 N–H and O–H groups in total. The van der Waals surface area contributed by atoms with Crippen LogP contribution in [0.25, 0.3) is 0 Å². The molecule has 0 spiro atoms. The minimum Gasteiger partial charge on any atom is -0.406 e. The molecule has 1 aliphatic rings. The first kappa shape index (κ1) is 19.5. The van der Waals surface area contributed by atoms with Crippen molar-refractivity contribution in [2.45, 2.75) is 25.1 Å². The second-order valence-electron chi connectivity index (χ2n) is 5.90. The number of alkyl halides is 3. The fraction of sp³-hybridized carbons (Fsp3) is 0.533. The Kier molecular flexibility index (Phi) is 5.62. The lowest BCUT2D eigenvalue weighted by Crippen LogP contribution is -2.51. The summed E-state index contributed by atoms with van der Waals surface area (Å²) in [6.45, 7) is 4.40. The molecule has 1 aliphatic heterocycles. The van der Waals surface area contributed by atoms with Gasteiger partial charge in [-0.1, -0.05) is 13.8 Å². The van der Waals surface area contributed by atoms with Gasteiger partial charge in [0.25, 0.3) is 0 Å². The maximum atomic E-state index is 12.6. The number of carbonyl (C=O) groups excluding carboxylic acids is 1. The molecule has 0 saturated carbocycles. The van der Waals surface area contributed by atoms with Crippen molar-refractivity contribution in [3.8, 4) is 5.75 Å². The van der Waals surface area contributed by atoms with Gasteiger partial charge in [-0.15, -0.1) is 13.2 Å². The molecule has 10 heteroatoms. The van der Waals surface area contributed by atoms with Gasteiger partial charge in [0.2, 0.25) is 15.9 Å². The van der Waals surface area contributed by atoms with Crippen LogP contribution < -0.4 is 4.74 Å². The standard InChI is InChI=1S/C15H19F3N2O4S/c1-11(2)14(21)19-7-9-20(10-8-19)25(22,23)13-5-3-12(4-6-13)24-15(16,17)18/h3-6,11H,7-10H2,1-2H3. The highest BCUT2D eigenvalue weighted by Crippen LogP contribution is 2.25. The van der Waals surface area contributed by atoms with Gasteiger partial charge in [-0.25, -0.2) is 8.42 Å². The highest BCUT2D eigenvalue weighted by molar-refractivity contribution is 7.89. The summed E-state index contributed by atoms with van der Waals surface area (Å²) in [6, 6.07) is 4.06. The zero-order valence-corrected chi connectivity index (χ0v) is 14.6. The minimum atomic E-state index is -4.83. The molecule has 0 aliphatic carbocycles. The third kappa shape index (κ3) is 4.85. The Balaban J connectivity index is 2.06. The molecule has 1 saturated heterocycles. The summed E-state index contributed by atoms with van der Waals surface area (Å²) in [7, 11) is -3.83. The van der Waals surface area contributed by atoms with E-state index in [0.29, 0.717) is 0 Å². The number of rotatable bonds is 4. The highest BCUT2D eigenvalue weighted by Gasteiger charge is 2.32. The summed E-state index contributed by atoms with van der Waals surface area (Å²) in [4.78, 5) is 13.4. The maximum Gasteiger partial charge on any atom is 0.573 e. The van der Waals surface area contributed by atoms with E-state index in [1.807, 2.05) is 0 Å².